The highest BCUT2D eigenvalue weighted by Crippen LogP contribution is 2.19. The molecule has 132 valence electrons. The lowest BCUT2D eigenvalue weighted by Gasteiger charge is -2.04. The van der Waals surface area contributed by atoms with E-state index in [1.807, 2.05) is 54.1 Å². The molecule has 0 saturated carbocycles. The molecule has 3 aromatic rings. The minimum Gasteiger partial charge on any atom is -0.326 e. The van der Waals surface area contributed by atoms with E-state index in [4.69, 9.17) is 0 Å². The van der Waals surface area contributed by atoms with Gasteiger partial charge in [-0.05, 0) is 24.6 Å². The van der Waals surface area contributed by atoms with Crippen LogP contribution in [0.5, 0.6) is 0 Å². The van der Waals surface area contributed by atoms with Gasteiger partial charge in [-0.2, -0.15) is 5.10 Å². The molecular formula is C20H20N4OS. The average molecular weight is 364 g/mol. The highest BCUT2D eigenvalue weighted by Gasteiger charge is 2.06. The van der Waals surface area contributed by atoms with Crippen molar-refractivity contribution in [2.45, 2.75) is 13.8 Å². The Morgan fingerprint density at radius 2 is 1.88 bits per heavy atom. The van der Waals surface area contributed by atoms with Crippen LogP contribution in [-0.2, 0) is 4.79 Å². The zero-order valence-corrected chi connectivity index (χ0v) is 15.5. The second-order valence-electron chi connectivity index (χ2n) is 5.60. The van der Waals surface area contributed by atoms with Crippen LogP contribution in [0.4, 0.5) is 5.69 Å². The molecule has 2 aromatic carbocycles. The highest BCUT2D eigenvalue weighted by atomic mass is 32.1. The Bertz CT molecular complexity index is 969. The van der Waals surface area contributed by atoms with Gasteiger partial charge in [0, 0.05) is 30.1 Å². The Morgan fingerprint density at radius 3 is 2.54 bits per heavy atom. The average Bonchev–Trinajstić information content (AvgIpc) is 3.04. The van der Waals surface area contributed by atoms with Crippen molar-refractivity contribution in [3.05, 3.63) is 70.3 Å². The number of hydrogen-bond acceptors (Lipinski definition) is 4. The maximum Gasteiger partial charge on any atom is 0.221 e. The van der Waals surface area contributed by atoms with E-state index >= 15 is 0 Å². The number of nitrogens with one attached hydrogen (secondary N) is 1. The van der Waals surface area contributed by atoms with Crippen LogP contribution in [0.15, 0.2) is 70.1 Å². The third-order valence-corrected chi connectivity index (χ3v) is 4.46. The number of rotatable bonds is 5. The molecule has 5 nitrogen and oxygen atoms in total. The van der Waals surface area contributed by atoms with Crippen LogP contribution >= 0.6 is 11.3 Å². The molecule has 1 amide bonds. The molecule has 0 aliphatic carbocycles. The molecule has 1 heterocycles. The fourth-order valence-corrected chi connectivity index (χ4v) is 3.34. The first kappa shape index (κ1) is 17.8. The van der Waals surface area contributed by atoms with Crippen molar-refractivity contribution in [1.29, 1.82) is 0 Å². The molecular weight excluding hydrogens is 344 g/mol. The third-order valence-electron chi connectivity index (χ3n) is 3.60. The topological polar surface area (TPSA) is 58.8 Å². The molecule has 0 aliphatic heterocycles. The number of hydrogen-bond donors (Lipinski definition) is 1. The van der Waals surface area contributed by atoms with Gasteiger partial charge in [0.05, 0.1) is 11.9 Å². The van der Waals surface area contributed by atoms with Crippen LogP contribution in [0.25, 0.3) is 11.3 Å². The van der Waals surface area contributed by atoms with Crippen molar-refractivity contribution in [3.63, 3.8) is 0 Å². The van der Waals surface area contributed by atoms with E-state index in [1.165, 1.54) is 6.92 Å². The number of carbonyl (C=O) groups excluding carboxylic acids is 1. The first-order valence-electron chi connectivity index (χ1n) is 8.36. The van der Waals surface area contributed by atoms with Crippen molar-refractivity contribution in [2.24, 2.45) is 10.1 Å². The van der Waals surface area contributed by atoms with E-state index in [0.29, 0.717) is 6.54 Å². The molecule has 0 radical (unpaired) electrons. The lowest BCUT2D eigenvalue weighted by Crippen LogP contribution is -2.12. The number of aromatic nitrogens is 1. The first-order valence-corrected chi connectivity index (χ1v) is 9.24. The second kappa shape index (κ2) is 8.40. The van der Waals surface area contributed by atoms with E-state index in [2.05, 4.69) is 32.9 Å². The van der Waals surface area contributed by atoms with Crippen LogP contribution in [0.3, 0.4) is 0 Å². The predicted octanol–water partition coefficient (Wildman–Crippen LogP) is 3.98. The molecule has 1 aromatic heterocycles. The Morgan fingerprint density at radius 1 is 1.15 bits per heavy atom. The summed E-state index contributed by atoms with van der Waals surface area (Å²) in [6, 6.07) is 17.7. The molecule has 1 N–H and O–H groups in total. The first-order chi connectivity index (χ1) is 12.7. The Balaban J connectivity index is 1.93. The molecule has 0 spiro atoms. The summed E-state index contributed by atoms with van der Waals surface area (Å²) in [5.41, 5.74) is 3.82. The fourth-order valence-electron chi connectivity index (χ4n) is 2.44. The molecule has 0 fully saturated rings. The Labute approximate surface area is 156 Å². The van der Waals surface area contributed by atoms with Crippen LogP contribution in [0.1, 0.15) is 19.4 Å². The lowest BCUT2D eigenvalue weighted by atomic mass is 10.2. The van der Waals surface area contributed by atoms with Gasteiger partial charge in [0.15, 0.2) is 0 Å². The van der Waals surface area contributed by atoms with Gasteiger partial charge in [-0.1, -0.05) is 42.5 Å². The molecule has 0 atom stereocenters. The van der Waals surface area contributed by atoms with Gasteiger partial charge >= 0.3 is 0 Å². The van der Waals surface area contributed by atoms with E-state index in [0.717, 1.165) is 27.3 Å². The van der Waals surface area contributed by atoms with E-state index in [-0.39, 0.29) is 5.91 Å². The molecule has 0 unspecified atom stereocenters. The normalized spacial score (nSPS) is 11.8. The quantitative estimate of drug-likeness (QED) is 0.684. The number of carbonyl (C=O) groups is 1. The summed E-state index contributed by atoms with van der Waals surface area (Å²) in [6.45, 7) is 4.21. The third kappa shape index (κ3) is 4.34. The molecule has 0 bridgehead atoms. The summed E-state index contributed by atoms with van der Waals surface area (Å²) in [7, 11) is 0. The largest absolute Gasteiger partial charge is 0.326 e. The lowest BCUT2D eigenvalue weighted by molar-refractivity contribution is -0.114. The van der Waals surface area contributed by atoms with Crippen LogP contribution in [-0.4, -0.2) is 23.3 Å². The minimum absolute atomic E-state index is 0.0847. The minimum atomic E-state index is -0.0847. The molecule has 0 aliphatic rings. The maximum atomic E-state index is 11.1. The molecule has 6 heteroatoms. The van der Waals surface area contributed by atoms with Crippen molar-refractivity contribution in [2.75, 3.05) is 11.9 Å². The van der Waals surface area contributed by atoms with E-state index in [1.54, 1.807) is 17.6 Å². The van der Waals surface area contributed by atoms with Crippen molar-refractivity contribution in [3.8, 4) is 11.3 Å². The number of nitrogens with zero attached hydrogens (tertiary/aromatic N) is 3. The summed E-state index contributed by atoms with van der Waals surface area (Å²) in [6.07, 6.45) is 1.80. The second-order valence-corrected chi connectivity index (χ2v) is 6.44. The van der Waals surface area contributed by atoms with Crippen LogP contribution in [0.2, 0.25) is 0 Å². The van der Waals surface area contributed by atoms with Crippen molar-refractivity contribution < 1.29 is 4.79 Å². The van der Waals surface area contributed by atoms with Gasteiger partial charge in [0.25, 0.3) is 0 Å². The molecule has 26 heavy (non-hydrogen) atoms. The summed E-state index contributed by atoms with van der Waals surface area (Å²) in [5.74, 6) is -0.0847. The zero-order valence-electron chi connectivity index (χ0n) is 14.7. The van der Waals surface area contributed by atoms with Crippen LogP contribution < -0.4 is 10.1 Å². The van der Waals surface area contributed by atoms with Gasteiger partial charge in [-0.3, -0.25) is 9.79 Å². The molecule has 0 saturated heterocycles. The van der Waals surface area contributed by atoms with Crippen molar-refractivity contribution >= 4 is 29.1 Å². The Hall–Kier alpha value is -2.99. The van der Waals surface area contributed by atoms with Gasteiger partial charge < -0.3 is 5.32 Å². The SMILES string of the molecule is CCN=c1scc(-c2ccccc2)n1/N=C\c1ccc(NC(C)=O)cc1. The zero-order chi connectivity index (χ0) is 18.4. The summed E-state index contributed by atoms with van der Waals surface area (Å²) in [5, 5.41) is 9.47. The van der Waals surface area contributed by atoms with Gasteiger partial charge in [0.1, 0.15) is 0 Å². The fraction of sp³-hybridized carbons (Fsp3) is 0.150. The highest BCUT2D eigenvalue weighted by molar-refractivity contribution is 7.07. The summed E-state index contributed by atoms with van der Waals surface area (Å²) in [4.78, 5) is 16.5. The number of anilines is 1. The van der Waals surface area contributed by atoms with Gasteiger partial charge in [0.2, 0.25) is 10.7 Å². The number of thiazole rings is 1. The van der Waals surface area contributed by atoms with E-state index < -0.39 is 0 Å². The Kier molecular flexibility index (Phi) is 5.76. The monoisotopic (exact) mass is 364 g/mol. The smallest absolute Gasteiger partial charge is 0.221 e. The van der Waals surface area contributed by atoms with Crippen molar-refractivity contribution in [1.82, 2.24) is 4.68 Å². The predicted molar refractivity (Wildman–Crippen MR) is 108 cm³/mol. The maximum absolute atomic E-state index is 11.1. The molecule has 3 rings (SSSR count). The van der Waals surface area contributed by atoms with Crippen LogP contribution in [0, 0.1) is 0 Å². The standard InChI is InChI=1S/C20H20N4OS/c1-3-21-20-24(19(14-26-20)17-7-5-4-6-8-17)22-13-16-9-11-18(12-10-16)23-15(2)25/h4-14H,3H2,1-2H3,(H,23,25)/b21-20?,22-13-. The van der Waals surface area contributed by atoms with Gasteiger partial charge in [-0.25, -0.2) is 4.68 Å². The summed E-state index contributed by atoms with van der Waals surface area (Å²) < 4.78 is 1.87. The summed E-state index contributed by atoms with van der Waals surface area (Å²) >= 11 is 1.58. The van der Waals surface area contributed by atoms with Gasteiger partial charge in [-0.15, -0.1) is 11.3 Å². The van der Waals surface area contributed by atoms with E-state index in [9.17, 15) is 4.79 Å². The number of benzene rings is 2. The number of amides is 1.